The van der Waals surface area contributed by atoms with Crippen LogP contribution >= 0.6 is 22.9 Å². The van der Waals surface area contributed by atoms with E-state index >= 15 is 0 Å². The maximum atomic E-state index is 12.4. The predicted octanol–water partition coefficient (Wildman–Crippen LogP) is 3.39. The zero-order valence-corrected chi connectivity index (χ0v) is 16.9. The molecular weight excluding hydrogens is 376 g/mol. The number of benzene rings is 1. The van der Waals surface area contributed by atoms with Gasteiger partial charge in [0.05, 0.1) is 6.42 Å². The maximum Gasteiger partial charge on any atom is 0.227 e. The molecule has 1 saturated heterocycles. The van der Waals surface area contributed by atoms with Crippen LogP contribution in [0.15, 0.2) is 41.8 Å². The first-order valence-corrected chi connectivity index (χ1v) is 10.8. The van der Waals surface area contributed by atoms with Crippen molar-refractivity contribution in [3.8, 4) is 0 Å². The van der Waals surface area contributed by atoms with Gasteiger partial charge >= 0.3 is 0 Å². The van der Waals surface area contributed by atoms with Crippen molar-refractivity contribution < 1.29 is 4.79 Å². The zero-order chi connectivity index (χ0) is 18.6. The van der Waals surface area contributed by atoms with Crippen molar-refractivity contribution in [3.05, 3.63) is 63.6 Å². The largest absolute Gasteiger partial charge is 0.343 e. The van der Waals surface area contributed by atoms with E-state index in [0.29, 0.717) is 6.42 Å². The van der Waals surface area contributed by atoms with Crippen LogP contribution in [-0.2, 0) is 17.6 Å². The highest BCUT2D eigenvalue weighted by atomic mass is 32.1. The third kappa shape index (κ3) is 4.54. The third-order valence-corrected chi connectivity index (χ3v) is 6.44. The fourth-order valence-corrected chi connectivity index (χ4v) is 4.59. The Morgan fingerprint density at radius 1 is 1.11 bits per heavy atom. The number of aromatic nitrogens is 2. The van der Waals surface area contributed by atoms with Crippen LogP contribution in [0.4, 0.5) is 5.13 Å². The van der Waals surface area contributed by atoms with Gasteiger partial charge in [-0.05, 0) is 23.9 Å². The first-order valence-electron chi connectivity index (χ1n) is 9.10. The van der Waals surface area contributed by atoms with E-state index in [1.165, 1.54) is 22.7 Å². The van der Waals surface area contributed by atoms with Crippen LogP contribution in [0, 0.1) is 6.92 Å². The number of hydrogen-bond acceptors (Lipinski definition) is 6. The van der Waals surface area contributed by atoms with Gasteiger partial charge in [0.1, 0.15) is 5.82 Å². The summed E-state index contributed by atoms with van der Waals surface area (Å²) in [5.41, 5.74) is 2.49. The number of carbonyl (C=O) groups excluding carboxylic acids is 1. The molecule has 0 N–H and O–H groups in total. The Balaban J connectivity index is 1.31. The number of hydrogen-bond donors (Lipinski definition) is 0. The minimum atomic E-state index is 0.217. The van der Waals surface area contributed by atoms with Crippen LogP contribution in [-0.4, -0.2) is 46.3 Å². The summed E-state index contributed by atoms with van der Waals surface area (Å²) in [6.07, 6.45) is 1.27. The molecular formula is C20H22N4OS2. The summed E-state index contributed by atoms with van der Waals surface area (Å²) < 4.78 is 4.52. The van der Waals surface area contributed by atoms with Gasteiger partial charge in [-0.2, -0.15) is 4.37 Å². The summed E-state index contributed by atoms with van der Waals surface area (Å²) in [5, 5.41) is 2.98. The van der Waals surface area contributed by atoms with Crippen molar-refractivity contribution in [1.29, 1.82) is 0 Å². The summed E-state index contributed by atoms with van der Waals surface area (Å²) >= 11 is 3.10. The lowest BCUT2D eigenvalue weighted by atomic mass is 10.1. The van der Waals surface area contributed by atoms with E-state index in [0.717, 1.165) is 48.4 Å². The van der Waals surface area contributed by atoms with E-state index in [-0.39, 0.29) is 5.91 Å². The fourth-order valence-electron chi connectivity index (χ4n) is 3.15. The highest BCUT2D eigenvalue weighted by Gasteiger charge is 2.23. The minimum Gasteiger partial charge on any atom is -0.343 e. The number of nitrogens with zero attached hydrogens (tertiary/aromatic N) is 4. The van der Waals surface area contributed by atoms with E-state index in [9.17, 15) is 4.79 Å². The van der Waals surface area contributed by atoms with Crippen molar-refractivity contribution in [2.24, 2.45) is 0 Å². The molecule has 0 unspecified atom stereocenters. The average molecular weight is 399 g/mol. The van der Waals surface area contributed by atoms with Crippen LogP contribution in [0.5, 0.6) is 0 Å². The molecule has 2 aromatic heterocycles. The van der Waals surface area contributed by atoms with Crippen LogP contribution in [0.1, 0.15) is 21.8 Å². The summed E-state index contributed by atoms with van der Waals surface area (Å²) in [4.78, 5) is 22.5. The standard InChI is InChI=1S/C20H22N4OS2/c1-15-4-6-16(7-5-15)13-18-21-20(27-22-18)24-10-8-23(9-11-24)19(25)14-17-3-2-12-26-17/h2-7,12H,8-11,13-14H2,1H3. The Labute approximate surface area is 167 Å². The van der Waals surface area contributed by atoms with E-state index < -0.39 is 0 Å². The molecule has 3 aromatic rings. The van der Waals surface area contributed by atoms with Crippen LogP contribution in [0.3, 0.4) is 0 Å². The van der Waals surface area contributed by atoms with Crippen molar-refractivity contribution in [1.82, 2.24) is 14.3 Å². The molecule has 0 spiro atoms. The zero-order valence-electron chi connectivity index (χ0n) is 15.3. The van der Waals surface area contributed by atoms with E-state index in [2.05, 4.69) is 40.5 Å². The lowest BCUT2D eigenvalue weighted by molar-refractivity contribution is -0.130. The lowest BCUT2D eigenvalue weighted by Crippen LogP contribution is -2.49. The number of thiophene rings is 1. The molecule has 27 heavy (non-hydrogen) atoms. The summed E-state index contributed by atoms with van der Waals surface area (Å²) in [6.45, 7) is 5.21. The number of anilines is 1. The molecule has 0 saturated carbocycles. The molecule has 5 nitrogen and oxygen atoms in total. The number of rotatable bonds is 5. The lowest BCUT2D eigenvalue weighted by Gasteiger charge is -2.34. The van der Waals surface area contributed by atoms with Gasteiger partial charge in [-0.25, -0.2) is 4.98 Å². The van der Waals surface area contributed by atoms with Gasteiger partial charge < -0.3 is 9.80 Å². The Kier molecular flexibility index (Phi) is 5.50. The first-order chi connectivity index (χ1) is 13.2. The summed E-state index contributed by atoms with van der Waals surface area (Å²) in [7, 11) is 0. The SMILES string of the molecule is Cc1ccc(Cc2nsc(N3CCN(C(=O)Cc4cccs4)CC3)n2)cc1. The molecule has 1 aromatic carbocycles. The van der Waals surface area contributed by atoms with Crippen molar-refractivity contribution in [2.75, 3.05) is 31.1 Å². The topological polar surface area (TPSA) is 49.3 Å². The van der Waals surface area contributed by atoms with Gasteiger partial charge in [0, 0.05) is 49.0 Å². The Morgan fingerprint density at radius 2 is 1.89 bits per heavy atom. The molecule has 0 aliphatic carbocycles. The molecule has 4 rings (SSSR count). The summed E-state index contributed by atoms with van der Waals surface area (Å²) in [5.74, 6) is 1.09. The number of amides is 1. The van der Waals surface area contributed by atoms with Gasteiger partial charge in [0.25, 0.3) is 0 Å². The second-order valence-electron chi connectivity index (χ2n) is 6.78. The third-order valence-electron chi connectivity index (χ3n) is 4.75. The Bertz CT molecular complexity index is 881. The number of piperazine rings is 1. The van der Waals surface area contributed by atoms with Crippen LogP contribution < -0.4 is 4.90 Å². The van der Waals surface area contributed by atoms with E-state index in [1.54, 1.807) is 11.3 Å². The Hall–Kier alpha value is -2.25. The normalized spacial score (nSPS) is 14.6. The fraction of sp³-hybridized carbons (Fsp3) is 0.350. The second kappa shape index (κ2) is 8.19. The van der Waals surface area contributed by atoms with Gasteiger partial charge in [-0.1, -0.05) is 35.9 Å². The van der Waals surface area contributed by atoms with E-state index in [1.807, 2.05) is 22.4 Å². The van der Waals surface area contributed by atoms with Crippen molar-refractivity contribution >= 4 is 33.9 Å². The van der Waals surface area contributed by atoms with Gasteiger partial charge in [0.15, 0.2) is 0 Å². The average Bonchev–Trinajstić information content (AvgIpc) is 3.36. The van der Waals surface area contributed by atoms with Crippen molar-refractivity contribution in [3.63, 3.8) is 0 Å². The molecule has 1 amide bonds. The number of aryl methyl sites for hydroxylation is 1. The number of carbonyl (C=O) groups is 1. The molecule has 1 aliphatic heterocycles. The first kappa shape index (κ1) is 18.1. The predicted molar refractivity (Wildman–Crippen MR) is 111 cm³/mol. The highest BCUT2D eigenvalue weighted by molar-refractivity contribution is 7.10. The molecule has 0 radical (unpaired) electrons. The highest BCUT2D eigenvalue weighted by Crippen LogP contribution is 2.21. The second-order valence-corrected chi connectivity index (χ2v) is 8.54. The van der Waals surface area contributed by atoms with E-state index in [4.69, 9.17) is 4.98 Å². The molecule has 3 heterocycles. The van der Waals surface area contributed by atoms with Gasteiger partial charge in [0.2, 0.25) is 11.0 Å². The smallest absolute Gasteiger partial charge is 0.227 e. The molecule has 1 fully saturated rings. The maximum absolute atomic E-state index is 12.4. The van der Waals surface area contributed by atoms with Crippen LogP contribution in [0.25, 0.3) is 0 Å². The minimum absolute atomic E-state index is 0.217. The van der Waals surface area contributed by atoms with Crippen molar-refractivity contribution in [2.45, 2.75) is 19.8 Å². The Morgan fingerprint density at radius 3 is 2.59 bits per heavy atom. The molecule has 0 atom stereocenters. The van der Waals surface area contributed by atoms with Gasteiger partial charge in [-0.15, -0.1) is 11.3 Å². The van der Waals surface area contributed by atoms with Crippen LogP contribution in [0.2, 0.25) is 0 Å². The quantitative estimate of drug-likeness (QED) is 0.661. The molecule has 1 aliphatic rings. The molecule has 0 bridgehead atoms. The monoisotopic (exact) mass is 398 g/mol. The summed E-state index contributed by atoms with van der Waals surface area (Å²) in [6, 6.07) is 12.5. The molecule has 140 valence electrons. The molecule has 7 heteroatoms. The van der Waals surface area contributed by atoms with Gasteiger partial charge in [-0.3, -0.25) is 4.79 Å².